The van der Waals surface area contributed by atoms with E-state index in [1.165, 1.54) is 6.07 Å². The van der Waals surface area contributed by atoms with Crippen molar-refractivity contribution in [2.75, 3.05) is 6.54 Å². The van der Waals surface area contributed by atoms with E-state index in [2.05, 4.69) is 5.32 Å². The molecular weight excluding hydrogens is 292 g/mol. The highest BCUT2D eigenvalue weighted by Crippen LogP contribution is 2.23. The van der Waals surface area contributed by atoms with Crippen molar-refractivity contribution in [2.24, 2.45) is 0 Å². The Labute approximate surface area is 132 Å². The van der Waals surface area contributed by atoms with Gasteiger partial charge in [-0.3, -0.25) is 10.2 Å². The van der Waals surface area contributed by atoms with Crippen molar-refractivity contribution in [3.63, 3.8) is 0 Å². The largest absolute Gasteiger partial charge is 0.504 e. The predicted octanol–water partition coefficient (Wildman–Crippen LogP) is 2.59. The van der Waals surface area contributed by atoms with E-state index in [9.17, 15) is 9.90 Å². The first-order valence-corrected chi connectivity index (χ1v) is 7.28. The fourth-order valence-electron chi connectivity index (χ4n) is 2.37. The van der Waals surface area contributed by atoms with E-state index >= 15 is 0 Å². The number of phenolic OH excluding ortho intramolecular Hbond substituents is 1. The van der Waals surface area contributed by atoms with Crippen LogP contribution in [0.4, 0.5) is 0 Å². The molecule has 0 bridgehead atoms. The average molecular weight is 308 g/mol. The summed E-state index contributed by atoms with van der Waals surface area (Å²) >= 11 is 0. The Kier molecular flexibility index (Phi) is 4.10. The first-order valence-electron chi connectivity index (χ1n) is 7.28. The third-order valence-electron chi connectivity index (χ3n) is 3.56. The number of para-hydroxylation sites is 1. The molecule has 0 radical (unpaired) electrons. The highest BCUT2D eigenvalue weighted by atomic mass is 16.4. The topological polar surface area (TPSA) is 86.3 Å². The molecule has 116 valence electrons. The minimum atomic E-state index is -0.361. The van der Waals surface area contributed by atoms with Crippen molar-refractivity contribution in [3.8, 4) is 5.75 Å². The standard InChI is InChI=1S/C18H16N2O3/c19-17-14(11-13-7-4-8-15(21)16(13)23-17)18(22)20-10-9-12-5-2-1-3-6-12/h1-8,11,19,21H,9-10H2,(H,20,22). The van der Waals surface area contributed by atoms with Gasteiger partial charge in [-0.2, -0.15) is 0 Å². The lowest BCUT2D eigenvalue weighted by Crippen LogP contribution is -2.30. The molecule has 1 aromatic heterocycles. The molecule has 0 aliphatic heterocycles. The zero-order valence-corrected chi connectivity index (χ0v) is 12.4. The minimum Gasteiger partial charge on any atom is -0.504 e. The lowest BCUT2D eigenvalue weighted by atomic mass is 10.1. The van der Waals surface area contributed by atoms with Crippen molar-refractivity contribution in [2.45, 2.75) is 6.42 Å². The number of hydrogen-bond acceptors (Lipinski definition) is 4. The summed E-state index contributed by atoms with van der Waals surface area (Å²) in [6.45, 7) is 0.473. The molecule has 1 amide bonds. The number of rotatable bonds is 4. The van der Waals surface area contributed by atoms with Crippen molar-refractivity contribution in [3.05, 3.63) is 71.3 Å². The minimum absolute atomic E-state index is 0.0490. The molecule has 0 saturated carbocycles. The molecule has 2 aromatic carbocycles. The van der Waals surface area contributed by atoms with Gasteiger partial charge in [0.25, 0.3) is 5.91 Å². The van der Waals surface area contributed by atoms with Crippen LogP contribution in [0.5, 0.6) is 5.75 Å². The second-order valence-corrected chi connectivity index (χ2v) is 5.18. The number of carbonyl (C=O) groups excluding carboxylic acids is 1. The molecule has 0 fully saturated rings. The third-order valence-corrected chi connectivity index (χ3v) is 3.56. The van der Waals surface area contributed by atoms with Crippen LogP contribution in [0.15, 0.2) is 59.0 Å². The molecule has 0 unspecified atom stereocenters. The van der Waals surface area contributed by atoms with Gasteiger partial charge in [0.05, 0.1) is 0 Å². The number of amides is 1. The van der Waals surface area contributed by atoms with E-state index in [-0.39, 0.29) is 28.4 Å². The van der Waals surface area contributed by atoms with Gasteiger partial charge in [-0.15, -0.1) is 0 Å². The summed E-state index contributed by atoms with van der Waals surface area (Å²) in [5.74, 6) is -0.410. The van der Waals surface area contributed by atoms with Crippen LogP contribution in [-0.2, 0) is 6.42 Å². The molecule has 23 heavy (non-hydrogen) atoms. The SMILES string of the molecule is N=c1oc2c(O)cccc2cc1C(=O)NCCc1ccccc1. The number of benzene rings is 2. The Balaban J connectivity index is 1.76. The van der Waals surface area contributed by atoms with Crippen LogP contribution >= 0.6 is 0 Å². The maximum absolute atomic E-state index is 12.2. The molecule has 3 aromatic rings. The Morgan fingerprint density at radius 2 is 1.91 bits per heavy atom. The normalized spacial score (nSPS) is 10.6. The van der Waals surface area contributed by atoms with Crippen LogP contribution in [0.2, 0.25) is 0 Å². The van der Waals surface area contributed by atoms with Crippen molar-refractivity contribution >= 4 is 16.9 Å². The summed E-state index contributed by atoms with van der Waals surface area (Å²) < 4.78 is 5.27. The maximum Gasteiger partial charge on any atom is 0.256 e. The summed E-state index contributed by atoms with van der Waals surface area (Å²) in [5, 5.41) is 20.9. The fourth-order valence-corrected chi connectivity index (χ4v) is 2.37. The molecule has 0 aliphatic rings. The lowest BCUT2D eigenvalue weighted by Gasteiger charge is -2.07. The number of nitrogens with one attached hydrogen (secondary N) is 2. The van der Waals surface area contributed by atoms with Crippen molar-refractivity contribution in [1.29, 1.82) is 5.41 Å². The first kappa shape index (κ1) is 14.8. The number of aromatic hydroxyl groups is 1. The molecule has 0 atom stereocenters. The second kappa shape index (κ2) is 6.36. The number of phenols is 1. The Morgan fingerprint density at radius 3 is 2.70 bits per heavy atom. The predicted molar refractivity (Wildman–Crippen MR) is 86.2 cm³/mol. The summed E-state index contributed by atoms with van der Waals surface area (Å²) in [6.07, 6.45) is 0.714. The Hall–Kier alpha value is -3.08. The van der Waals surface area contributed by atoms with Gasteiger partial charge in [0.15, 0.2) is 11.3 Å². The van der Waals surface area contributed by atoms with Gasteiger partial charge < -0.3 is 14.8 Å². The van der Waals surface area contributed by atoms with Gasteiger partial charge in [-0.1, -0.05) is 42.5 Å². The monoisotopic (exact) mass is 308 g/mol. The van der Waals surface area contributed by atoms with Gasteiger partial charge in [0.2, 0.25) is 5.55 Å². The van der Waals surface area contributed by atoms with E-state index in [1.54, 1.807) is 18.2 Å². The summed E-state index contributed by atoms with van der Waals surface area (Å²) in [7, 11) is 0. The zero-order chi connectivity index (χ0) is 16.2. The van der Waals surface area contributed by atoms with Gasteiger partial charge in [-0.25, -0.2) is 0 Å². The molecule has 1 heterocycles. The lowest BCUT2D eigenvalue weighted by molar-refractivity contribution is 0.0950. The van der Waals surface area contributed by atoms with Gasteiger partial charge in [0, 0.05) is 11.9 Å². The smallest absolute Gasteiger partial charge is 0.256 e. The fraction of sp³-hybridized carbons (Fsp3) is 0.111. The number of carbonyl (C=O) groups is 1. The van der Waals surface area contributed by atoms with Crippen molar-refractivity contribution in [1.82, 2.24) is 5.32 Å². The zero-order valence-electron chi connectivity index (χ0n) is 12.4. The van der Waals surface area contributed by atoms with Crippen LogP contribution < -0.4 is 10.9 Å². The Morgan fingerprint density at radius 1 is 1.13 bits per heavy atom. The molecule has 0 aliphatic carbocycles. The summed E-state index contributed by atoms with van der Waals surface area (Å²) in [6, 6.07) is 16.3. The molecule has 5 nitrogen and oxygen atoms in total. The molecule has 0 spiro atoms. The third kappa shape index (κ3) is 3.23. The number of fused-ring (bicyclic) bond motifs is 1. The number of hydrogen-bond donors (Lipinski definition) is 3. The summed E-state index contributed by atoms with van der Waals surface area (Å²) in [5.41, 5.74) is 1.22. The molecular formula is C18H16N2O3. The van der Waals surface area contributed by atoms with Gasteiger partial charge in [0.1, 0.15) is 5.56 Å². The van der Waals surface area contributed by atoms with E-state index < -0.39 is 0 Å². The highest BCUT2D eigenvalue weighted by Gasteiger charge is 2.12. The van der Waals surface area contributed by atoms with Crippen LogP contribution in [0, 0.1) is 5.41 Å². The summed E-state index contributed by atoms with van der Waals surface area (Å²) in [4.78, 5) is 12.2. The van der Waals surface area contributed by atoms with Crippen LogP contribution in [-0.4, -0.2) is 17.6 Å². The van der Waals surface area contributed by atoms with E-state index in [4.69, 9.17) is 9.83 Å². The van der Waals surface area contributed by atoms with Gasteiger partial charge in [-0.05, 0) is 24.1 Å². The van der Waals surface area contributed by atoms with E-state index in [0.717, 1.165) is 5.56 Å². The quantitative estimate of drug-likeness (QED) is 0.692. The average Bonchev–Trinajstić information content (AvgIpc) is 2.56. The molecule has 0 saturated heterocycles. The van der Waals surface area contributed by atoms with Crippen LogP contribution in [0.25, 0.3) is 11.0 Å². The molecule has 3 N–H and O–H groups in total. The highest BCUT2D eigenvalue weighted by molar-refractivity contribution is 5.97. The molecule has 3 rings (SSSR count). The maximum atomic E-state index is 12.2. The van der Waals surface area contributed by atoms with E-state index in [1.807, 2.05) is 30.3 Å². The van der Waals surface area contributed by atoms with Crippen LogP contribution in [0.3, 0.4) is 0 Å². The Bertz CT molecular complexity index is 901. The van der Waals surface area contributed by atoms with Gasteiger partial charge >= 0.3 is 0 Å². The first-order chi connectivity index (χ1) is 11.1. The second-order valence-electron chi connectivity index (χ2n) is 5.18. The van der Waals surface area contributed by atoms with Crippen molar-refractivity contribution < 1.29 is 14.3 Å². The van der Waals surface area contributed by atoms with Crippen LogP contribution in [0.1, 0.15) is 15.9 Å². The van der Waals surface area contributed by atoms with E-state index in [0.29, 0.717) is 18.4 Å². The molecule has 5 heteroatoms.